The maximum atomic E-state index is 12.7. The summed E-state index contributed by atoms with van der Waals surface area (Å²) in [4.78, 5) is 43.6. The number of hydrogen-bond donors (Lipinski definition) is 0. The Labute approximate surface area is 159 Å². The highest BCUT2D eigenvalue weighted by molar-refractivity contribution is 7.07. The van der Waals surface area contributed by atoms with E-state index in [-0.39, 0.29) is 23.6 Å². The van der Waals surface area contributed by atoms with Crippen molar-refractivity contribution in [2.24, 2.45) is 12.0 Å². The molecule has 0 bridgehead atoms. The van der Waals surface area contributed by atoms with Gasteiger partial charge in [-0.2, -0.15) is 4.99 Å². The normalized spacial score (nSPS) is 14.0. The fraction of sp³-hybridized carbons (Fsp3) is 0.100. The molecule has 4 rings (SSSR count). The van der Waals surface area contributed by atoms with E-state index in [1.54, 1.807) is 11.6 Å². The van der Waals surface area contributed by atoms with Gasteiger partial charge in [0.1, 0.15) is 0 Å². The number of amides is 3. The van der Waals surface area contributed by atoms with Crippen LogP contribution in [0.4, 0.5) is 0 Å². The van der Waals surface area contributed by atoms with Crippen LogP contribution >= 0.6 is 11.3 Å². The van der Waals surface area contributed by atoms with Crippen molar-refractivity contribution in [3.63, 3.8) is 0 Å². The second-order valence-corrected chi connectivity index (χ2v) is 7.03. The van der Waals surface area contributed by atoms with E-state index in [0.29, 0.717) is 10.4 Å². The Balaban J connectivity index is 1.65. The molecular weight excluding hydrogens is 362 g/mol. The SMILES string of the molecule is Cn1ccsc1=NC(=O)c1ccc2c(c1)C(=O)N(Cc1ccccc1)C2=O. The third-order valence-electron chi connectivity index (χ3n) is 4.36. The first-order valence-electron chi connectivity index (χ1n) is 8.28. The van der Waals surface area contributed by atoms with Crippen LogP contribution in [0, 0.1) is 0 Å². The molecule has 3 aromatic rings. The summed E-state index contributed by atoms with van der Waals surface area (Å²) in [5.41, 5.74) is 1.70. The molecule has 1 aliphatic rings. The molecule has 0 radical (unpaired) electrons. The van der Waals surface area contributed by atoms with Gasteiger partial charge in [0.15, 0.2) is 4.80 Å². The van der Waals surface area contributed by atoms with Crippen molar-refractivity contribution in [3.8, 4) is 0 Å². The Morgan fingerprint density at radius 2 is 1.78 bits per heavy atom. The maximum absolute atomic E-state index is 12.7. The molecule has 2 aromatic carbocycles. The number of aryl methyl sites for hydroxylation is 1. The summed E-state index contributed by atoms with van der Waals surface area (Å²) in [6.45, 7) is 0.200. The number of carbonyl (C=O) groups is 3. The molecule has 134 valence electrons. The molecule has 0 atom stereocenters. The predicted molar refractivity (Wildman–Crippen MR) is 100 cm³/mol. The highest BCUT2D eigenvalue weighted by Crippen LogP contribution is 2.26. The van der Waals surface area contributed by atoms with Gasteiger partial charge >= 0.3 is 0 Å². The van der Waals surface area contributed by atoms with Crippen molar-refractivity contribution >= 4 is 29.1 Å². The zero-order chi connectivity index (χ0) is 19.0. The minimum atomic E-state index is -0.447. The lowest BCUT2D eigenvalue weighted by molar-refractivity contribution is 0.0642. The first-order valence-corrected chi connectivity index (χ1v) is 9.16. The Hall–Kier alpha value is -3.32. The first-order chi connectivity index (χ1) is 13.0. The molecule has 0 saturated heterocycles. The first kappa shape index (κ1) is 17.1. The van der Waals surface area contributed by atoms with E-state index in [1.807, 2.05) is 41.9 Å². The molecule has 1 aromatic heterocycles. The summed E-state index contributed by atoms with van der Waals surface area (Å²) in [5.74, 6) is -1.19. The molecule has 2 heterocycles. The summed E-state index contributed by atoms with van der Waals surface area (Å²) in [6, 6.07) is 13.8. The van der Waals surface area contributed by atoms with Crippen LogP contribution < -0.4 is 4.80 Å². The van der Waals surface area contributed by atoms with Gasteiger partial charge in [0.25, 0.3) is 17.7 Å². The smallest absolute Gasteiger partial charge is 0.279 e. The van der Waals surface area contributed by atoms with Crippen LogP contribution in [0.25, 0.3) is 0 Å². The van der Waals surface area contributed by atoms with Gasteiger partial charge in [0.2, 0.25) is 0 Å². The second kappa shape index (κ2) is 6.77. The minimum absolute atomic E-state index is 0.200. The lowest BCUT2D eigenvalue weighted by Gasteiger charge is -2.13. The lowest BCUT2D eigenvalue weighted by atomic mass is 10.1. The number of fused-ring (bicyclic) bond motifs is 1. The number of hydrogen-bond acceptors (Lipinski definition) is 4. The van der Waals surface area contributed by atoms with Crippen molar-refractivity contribution in [2.75, 3.05) is 0 Å². The molecule has 0 saturated carbocycles. The van der Waals surface area contributed by atoms with E-state index >= 15 is 0 Å². The molecule has 7 heteroatoms. The van der Waals surface area contributed by atoms with Crippen molar-refractivity contribution in [1.82, 2.24) is 9.47 Å². The van der Waals surface area contributed by atoms with Gasteiger partial charge in [-0.15, -0.1) is 11.3 Å². The van der Waals surface area contributed by atoms with Crippen LogP contribution in [0.2, 0.25) is 0 Å². The van der Waals surface area contributed by atoms with Crippen LogP contribution in [0.1, 0.15) is 36.6 Å². The topological polar surface area (TPSA) is 71.7 Å². The van der Waals surface area contributed by atoms with E-state index in [2.05, 4.69) is 4.99 Å². The van der Waals surface area contributed by atoms with Crippen LogP contribution in [0.5, 0.6) is 0 Å². The van der Waals surface area contributed by atoms with E-state index in [0.717, 1.165) is 5.56 Å². The number of nitrogens with zero attached hydrogens (tertiary/aromatic N) is 3. The van der Waals surface area contributed by atoms with Crippen LogP contribution in [-0.2, 0) is 13.6 Å². The highest BCUT2D eigenvalue weighted by atomic mass is 32.1. The summed E-state index contributed by atoms with van der Waals surface area (Å²) in [6.07, 6.45) is 1.81. The predicted octanol–water partition coefficient (Wildman–Crippen LogP) is 2.62. The van der Waals surface area contributed by atoms with Crippen LogP contribution in [0.15, 0.2) is 65.1 Å². The van der Waals surface area contributed by atoms with Gasteiger partial charge in [-0.3, -0.25) is 19.3 Å². The standard InChI is InChI=1S/C20H15N3O3S/c1-22-9-10-27-20(22)21-17(24)14-7-8-15-16(11-14)19(26)23(18(15)25)12-13-5-3-2-4-6-13/h2-11H,12H2,1H3. The van der Waals surface area contributed by atoms with Gasteiger partial charge < -0.3 is 4.57 Å². The van der Waals surface area contributed by atoms with Gasteiger partial charge in [-0.1, -0.05) is 30.3 Å². The van der Waals surface area contributed by atoms with E-state index < -0.39 is 11.8 Å². The average molecular weight is 377 g/mol. The van der Waals surface area contributed by atoms with Crippen molar-refractivity contribution in [2.45, 2.75) is 6.54 Å². The average Bonchev–Trinajstić information content (AvgIpc) is 3.19. The molecule has 3 amide bonds. The molecule has 27 heavy (non-hydrogen) atoms. The Bertz CT molecular complexity index is 1130. The van der Waals surface area contributed by atoms with Gasteiger partial charge in [-0.25, -0.2) is 0 Å². The Kier molecular flexibility index (Phi) is 4.29. The quantitative estimate of drug-likeness (QED) is 0.659. The van der Waals surface area contributed by atoms with E-state index in [9.17, 15) is 14.4 Å². The van der Waals surface area contributed by atoms with E-state index in [1.165, 1.54) is 34.4 Å². The van der Waals surface area contributed by atoms with Crippen molar-refractivity contribution in [1.29, 1.82) is 0 Å². The van der Waals surface area contributed by atoms with Crippen molar-refractivity contribution < 1.29 is 14.4 Å². The van der Waals surface area contributed by atoms with E-state index in [4.69, 9.17) is 0 Å². The Morgan fingerprint density at radius 1 is 1.04 bits per heavy atom. The number of aromatic nitrogens is 1. The fourth-order valence-corrected chi connectivity index (χ4v) is 3.65. The third-order valence-corrected chi connectivity index (χ3v) is 5.21. The number of carbonyl (C=O) groups excluding carboxylic acids is 3. The highest BCUT2D eigenvalue weighted by Gasteiger charge is 2.35. The number of imide groups is 1. The molecule has 6 nitrogen and oxygen atoms in total. The largest absolute Gasteiger partial charge is 0.327 e. The maximum Gasteiger partial charge on any atom is 0.279 e. The lowest BCUT2D eigenvalue weighted by Crippen LogP contribution is -2.29. The van der Waals surface area contributed by atoms with Crippen LogP contribution in [-0.4, -0.2) is 27.2 Å². The fourth-order valence-electron chi connectivity index (χ4n) is 2.92. The molecule has 0 fully saturated rings. The number of rotatable bonds is 3. The zero-order valence-corrected chi connectivity index (χ0v) is 15.3. The summed E-state index contributed by atoms with van der Waals surface area (Å²) >= 11 is 1.35. The summed E-state index contributed by atoms with van der Waals surface area (Å²) < 4.78 is 1.74. The molecule has 0 N–H and O–H groups in total. The molecular formula is C20H15N3O3S. The molecule has 0 aliphatic carbocycles. The van der Waals surface area contributed by atoms with Gasteiger partial charge in [0.05, 0.1) is 17.7 Å². The summed E-state index contributed by atoms with van der Waals surface area (Å²) in [7, 11) is 1.80. The third kappa shape index (κ3) is 3.13. The van der Waals surface area contributed by atoms with Gasteiger partial charge in [0, 0.05) is 24.2 Å². The second-order valence-electron chi connectivity index (χ2n) is 6.16. The monoisotopic (exact) mass is 377 g/mol. The number of benzene rings is 2. The zero-order valence-electron chi connectivity index (χ0n) is 14.5. The molecule has 1 aliphatic heterocycles. The summed E-state index contributed by atoms with van der Waals surface area (Å²) in [5, 5.41) is 1.83. The number of thiazole rings is 1. The molecule has 0 spiro atoms. The Morgan fingerprint density at radius 3 is 2.48 bits per heavy atom. The van der Waals surface area contributed by atoms with Gasteiger partial charge in [-0.05, 0) is 23.8 Å². The molecule has 0 unspecified atom stereocenters. The van der Waals surface area contributed by atoms with Crippen LogP contribution in [0.3, 0.4) is 0 Å². The minimum Gasteiger partial charge on any atom is -0.327 e. The van der Waals surface area contributed by atoms with Crippen molar-refractivity contribution in [3.05, 3.63) is 87.2 Å².